The van der Waals surface area contributed by atoms with Gasteiger partial charge in [0.15, 0.2) is 23.0 Å². The number of likely N-dealkylation sites (tertiary alicyclic amines) is 1. The van der Waals surface area contributed by atoms with Gasteiger partial charge in [-0.1, -0.05) is 6.92 Å². The zero-order valence-corrected chi connectivity index (χ0v) is 21.6. The molecule has 1 fully saturated rings. The summed E-state index contributed by atoms with van der Waals surface area (Å²) in [5.41, 5.74) is 2.72. The second-order valence-electron chi connectivity index (χ2n) is 9.23. The third kappa shape index (κ3) is 4.88. The number of aromatic nitrogens is 5. The first-order valence-electron chi connectivity index (χ1n) is 12.6. The summed E-state index contributed by atoms with van der Waals surface area (Å²) in [6.07, 6.45) is 7.58. The number of amides is 1. The maximum atomic E-state index is 15.3. The van der Waals surface area contributed by atoms with Crippen molar-refractivity contribution >= 4 is 22.8 Å². The molecular weight excluding hydrogens is 492 g/mol. The van der Waals surface area contributed by atoms with E-state index in [1.165, 1.54) is 13.2 Å². The van der Waals surface area contributed by atoms with E-state index in [1.807, 2.05) is 18.1 Å². The highest BCUT2D eigenvalue weighted by atomic mass is 19.1. The van der Waals surface area contributed by atoms with E-state index < -0.39 is 17.3 Å². The van der Waals surface area contributed by atoms with Crippen LogP contribution in [0.2, 0.25) is 0 Å². The second kappa shape index (κ2) is 10.7. The maximum Gasteiger partial charge on any atom is 0.222 e. The summed E-state index contributed by atoms with van der Waals surface area (Å²) < 4.78 is 39.1. The number of halogens is 2. The van der Waals surface area contributed by atoms with Gasteiger partial charge in [-0.2, -0.15) is 5.10 Å². The molecule has 5 rings (SSSR count). The van der Waals surface area contributed by atoms with Crippen molar-refractivity contribution in [2.75, 3.05) is 20.2 Å². The minimum absolute atomic E-state index is 0.0689. The van der Waals surface area contributed by atoms with Crippen molar-refractivity contribution in [1.29, 1.82) is 0 Å². The van der Waals surface area contributed by atoms with Crippen molar-refractivity contribution in [3.8, 4) is 17.0 Å². The third-order valence-corrected chi connectivity index (χ3v) is 6.73. The van der Waals surface area contributed by atoms with Gasteiger partial charge in [-0.25, -0.2) is 18.8 Å². The van der Waals surface area contributed by atoms with Crippen LogP contribution in [0.25, 0.3) is 22.4 Å². The molecule has 3 aromatic heterocycles. The van der Waals surface area contributed by atoms with Crippen molar-refractivity contribution in [2.24, 2.45) is 12.0 Å². The largest absolute Gasteiger partial charge is 0.494 e. The van der Waals surface area contributed by atoms with Gasteiger partial charge in [-0.15, -0.1) is 0 Å². The van der Waals surface area contributed by atoms with E-state index in [0.29, 0.717) is 60.3 Å². The fourth-order valence-corrected chi connectivity index (χ4v) is 4.70. The molecule has 0 N–H and O–H groups in total. The van der Waals surface area contributed by atoms with Crippen LogP contribution in [0.5, 0.6) is 5.75 Å². The number of hydrogen-bond acceptors (Lipinski definition) is 6. The molecule has 198 valence electrons. The van der Waals surface area contributed by atoms with Crippen molar-refractivity contribution < 1.29 is 18.3 Å². The van der Waals surface area contributed by atoms with Crippen LogP contribution < -0.4 is 10.2 Å². The van der Waals surface area contributed by atoms with E-state index >= 15 is 8.78 Å². The number of pyridine rings is 1. The fourth-order valence-electron chi connectivity index (χ4n) is 4.70. The highest BCUT2D eigenvalue weighted by molar-refractivity contribution is 5.78. The van der Waals surface area contributed by atoms with Crippen LogP contribution in [-0.4, -0.2) is 55.3 Å². The lowest BCUT2D eigenvalue weighted by atomic mass is 10.1. The van der Waals surface area contributed by atoms with Crippen LogP contribution in [0.3, 0.4) is 0 Å². The van der Waals surface area contributed by atoms with Gasteiger partial charge < -0.3 is 14.2 Å². The smallest absolute Gasteiger partial charge is 0.222 e. The number of nitrogens with zero attached hydrogens (tertiary/aromatic N) is 7. The molecule has 0 saturated carbocycles. The van der Waals surface area contributed by atoms with Gasteiger partial charge in [0.2, 0.25) is 5.91 Å². The Labute approximate surface area is 218 Å². The summed E-state index contributed by atoms with van der Waals surface area (Å²) in [5.74, 6) is -1.52. The normalized spacial score (nSPS) is 14.2. The van der Waals surface area contributed by atoms with Crippen LogP contribution in [0.1, 0.15) is 31.7 Å². The molecule has 0 unspecified atom stereocenters. The highest BCUT2D eigenvalue weighted by Gasteiger charge is 2.21. The first-order valence-corrected chi connectivity index (χ1v) is 12.6. The highest BCUT2D eigenvalue weighted by Crippen LogP contribution is 2.32. The number of ether oxygens (including phenoxy) is 1. The van der Waals surface area contributed by atoms with Gasteiger partial charge in [0.25, 0.3) is 0 Å². The summed E-state index contributed by atoms with van der Waals surface area (Å²) in [4.78, 5) is 27.8. The van der Waals surface area contributed by atoms with E-state index in [4.69, 9.17) is 9.72 Å². The molecule has 0 bridgehead atoms. The van der Waals surface area contributed by atoms with Crippen molar-refractivity contribution in [3.63, 3.8) is 0 Å². The molecule has 0 atom stereocenters. The molecule has 4 heterocycles. The molecule has 0 aliphatic carbocycles. The molecule has 1 aromatic carbocycles. The Morgan fingerprint density at radius 1 is 1.16 bits per heavy atom. The van der Waals surface area contributed by atoms with E-state index in [0.717, 1.165) is 18.5 Å². The lowest BCUT2D eigenvalue weighted by Crippen LogP contribution is -2.28. The second-order valence-corrected chi connectivity index (χ2v) is 9.23. The van der Waals surface area contributed by atoms with Crippen LogP contribution in [0, 0.1) is 11.6 Å². The molecule has 0 spiro atoms. The van der Waals surface area contributed by atoms with E-state index in [1.54, 1.807) is 40.7 Å². The summed E-state index contributed by atoms with van der Waals surface area (Å²) >= 11 is 0. The number of aryl methyl sites for hydroxylation is 3. The van der Waals surface area contributed by atoms with Crippen LogP contribution in [0.15, 0.2) is 41.8 Å². The average molecular weight is 522 g/mol. The summed E-state index contributed by atoms with van der Waals surface area (Å²) in [6, 6.07) is 4.76. The molecular formula is C27H29F2N7O2. The molecule has 1 aliphatic rings. The van der Waals surface area contributed by atoms with Crippen molar-refractivity contribution in [1.82, 2.24) is 29.2 Å². The summed E-state index contributed by atoms with van der Waals surface area (Å²) in [5, 5.41) is 4.21. The summed E-state index contributed by atoms with van der Waals surface area (Å²) in [7, 11) is 3.15. The number of hydrogen-bond donors (Lipinski definition) is 0. The zero-order valence-electron chi connectivity index (χ0n) is 21.6. The topological polar surface area (TPSA) is 90.4 Å². The standard InChI is InChI=1S/C27H29F2N7O2/c1-4-17-13-21(38-3)25(29)26(24(17)28)33-22-9-8-19-27(32-20(15-30-19)18-14-31-34(2)16-18)36(22)12-6-11-35-10-5-7-23(35)37/h8-9,13-16H,4-7,10-12H2,1-3H3/b33-22+. The Kier molecular flexibility index (Phi) is 7.17. The molecule has 0 radical (unpaired) electrons. The van der Waals surface area contributed by atoms with E-state index in [2.05, 4.69) is 15.1 Å². The Morgan fingerprint density at radius 2 is 2.00 bits per heavy atom. The van der Waals surface area contributed by atoms with Crippen molar-refractivity contribution in [2.45, 2.75) is 39.2 Å². The van der Waals surface area contributed by atoms with Crippen LogP contribution in [-0.2, 0) is 24.8 Å². The quantitative estimate of drug-likeness (QED) is 0.351. The number of benzene rings is 1. The number of fused-ring (bicyclic) bond motifs is 1. The van der Waals surface area contributed by atoms with E-state index in [-0.39, 0.29) is 11.7 Å². The average Bonchev–Trinajstić information content (AvgIpc) is 3.54. The minimum atomic E-state index is -0.869. The fraction of sp³-hybridized carbons (Fsp3) is 0.370. The lowest BCUT2D eigenvalue weighted by molar-refractivity contribution is -0.127. The lowest BCUT2D eigenvalue weighted by Gasteiger charge is -2.17. The molecule has 1 aliphatic heterocycles. The van der Waals surface area contributed by atoms with Gasteiger partial charge in [0.05, 0.1) is 25.2 Å². The predicted molar refractivity (Wildman–Crippen MR) is 138 cm³/mol. The van der Waals surface area contributed by atoms with Gasteiger partial charge in [0, 0.05) is 44.9 Å². The number of carbonyl (C=O) groups is 1. The monoisotopic (exact) mass is 521 g/mol. The molecule has 38 heavy (non-hydrogen) atoms. The maximum absolute atomic E-state index is 15.3. The van der Waals surface area contributed by atoms with Crippen LogP contribution in [0.4, 0.5) is 14.5 Å². The first kappa shape index (κ1) is 25.5. The molecule has 1 saturated heterocycles. The Bertz CT molecular complexity index is 1550. The molecule has 4 aromatic rings. The Morgan fingerprint density at radius 3 is 2.68 bits per heavy atom. The molecule has 1 amide bonds. The number of methoxy groups -OCH3 is 1. The number of rotatable bonds is 8. The summed E-state index contributed by atoms with van der Waals surface area (Å²) in [6.45, 7) is 3.50. The number of carbonyl (C=O) groups excluding carboxylic acids is 1. The molecule has 9 nitrogen and oxygen atoms in total. The van der Waals surface area contributed by atoms with Crippen molar-refractivity contribution in [3.05, 3.63) is 59.5 Å². The van der Waals surface area contributed by atoms with Crippen LogP contribution >= 0.6 is 0 Å². The Hall–Kier alpha value is -4.15. The molecule has 11 heteroatoms. The first-order chi connectivity index (χ1) is 18.4. The zero-order chi connectivity index (χ0) is 26.8. The van der Waals surface area contributed by atoms with Gasteiger partial charge in [0.1, 0.15) is 16.7 Å². The van der Waals surface area contributed by atoms with E-state index in [9.17, 15) is 4.79 Å². The third-order valence-electron chi connectivity index (χ3n) is 6.73. The SMILES string of the molecule is CCc1cc(OC)c(F)c(/N=c2\ccc3ncc(-c4cnn(C)c4)nc3n2CCCN2CCCC2=O)c1F. The Balaban J connectivity index is 1.66. The van der Waals surface area contributed by atoms with Gasteiger partial charge in [-0.05, 0) is 43.0 Å². The predicted octanol–water partition coefficient (Wildman–Crippen LogP) is 3.93. The van der Waals surface area contributed by atoms with Gasteiger partial charge in [-0.3, -0.25) is 14.5 Å². The van der Waals surface area contributed by atoms with Gasteiger partial charge >= 0.3 is 0 Å². The minimum Gasteiger partial charge on any atom is -0.494 e.